The van der Waals surface area contributed by atoms with Crippen molar-refractivity contribution >= 4 is 31.6 Å². The van der Waals surface area contributed by atoms with Gasteiger partial charge in [-0.15, -0.1) is 0 Å². The van der Waals surface area contributed by atoms with Crippen LogP contribution in [0.5, 0.6) is 0 Å². The topological polar surface area (TPSA) is 64.8 Å². The van der Waals surface area contributed by atoms with E-state index in [0.29, 0.717) is 11.9 Å². The molecule has 0 N–H and O–H groups in total. The predicted octanol–water partition coefficient (Wildman–Crippen LogP) is 6.07. The summed E-state index contributed by atoms with van der Waals surface area (Å²) in [6.07, 6.45) is 3.16. The average molecular weight is 463 g/mol. The molecule has 6 aromatic rings. The highest BCUT2D eigenvalue weighted by atomic mass is 32.2. The third kappa shape index (κ3) is 3.27. The Bertz CT molecular complexity index is 1830. The van der Waals surface area contributed by atoms with Gasteiger partial charge in [0.2, 0.25) is 9.84 Å². The van der Waals surface area contributed by atoms with Crippen LogP contribution in [0.25, 0.3) is 38.8 Å². The normalized spacial score (nSPS) is 12.2. The van der Waals surface area contributed by atoms with E-state index in [1.807, 2.05) is 47.0 Å². The van der Waals surface area contributed by atoms with Crippen molar-refractivity contribution in [1.82, 2.24) is 14.5 Å². The quantitative estimate of drug-likeness (QED) is 0.319. The van der Waals surface area contributed by atoms with Gasteiger partial charge in [0.25, 0.3) is 0 Å². The van der Waals surface area contributed by atoms with Crippen molar-refractivity contribution in [3.05, 3.63) is 115 Å². The van der Waals surface area contributed by atoms with E-state index in [4.69, 9.17) is 1.37 Å². The van der Waals surface area contributed by atoms with Crippen LogP contribution in [0.15, 0.2) is 125 Å². The molecule has 3 heterocycles. The zero-order chi connectivity index (χ0) is 24.0. The first-order valence-electron chi connectivity index (χ1n) is 11.3. The largest absolute Gasteiger partial charge is 0.294 e. The minimum atomic E-state index is -3.74. The Morgan fingerprint density at radius 1 is 0.676 bits per heavy atom. The third-order valence-electron chi connectivity index (χ3n) is 5.87. The summed E-state index contributed by atoms with van der Waals surface area (Å²) in [6, 6.07) is 29.6. The van der Waals surface area contributed by atoms with E-state index < -0.39 is 9.84 Å². The smallest absolute Gasteiger partial charge is 0.223 e. The molecule has 0 saturated carbocycles. The molecule has 0 saturated heterocycles. The van der Waals surface area contributed by atoms with Gasteiger partial charge in [-0.3, -0.25) is 4.57 Å². The van der Waals surface area contributed by atoms with Crippen LogP contribution in [0.4, 0.5) is 0 Å². The van der Waals surface area contributed by atoms with Crippen molar-refractivity contribution in [2.45, 2.75) is 9.92 Å². The second-order valence-electron chi connectivity index (χ2n) is 7.89. The summed E-state index contributed by atoms with van der Waals surface area (Å²) in [4.78, 5) is 8.71. The van der Waals surface area contributed by atoms with Crippen LogP contribution < -0.4 is 0 Å². The molecule has 0 bridgehead atoms. The van der Waals surface area contributed by atoms with Crippen LogP contribution in [-0.2, 0) is 9.84 Å². The van der Waals surface area contributed by atoms with E-state index in [1.54, 1.807) is 48.7 Å². The standard InChI is InChI=1S/C28H19N3O2S/c32-34(33,28-13-4-6-17-30-28)22-9-7-8-20(18-22)21-14-15-24-23-10-1-2-11-25(23)31(26(24)19-21)27-12-3-5-16-29-27/h1-19H/i12D. The van der Waals surface area contributed by atoms with Crippen LogP contribution >= 0.6 is 0 Å². The van der Waals surface area contributed by atoms with Gasteiger partial charge in [-0.1, -0.05) is 54.6 Å². The fourth-order valence-corrected chi connectivity index (χ4v) is 5.53. The molecular formula is C28H19N3O2S. The van der Waals surface area contributed by atoms with Gasteiger partial charge >= 0.3 is 0 Å². The maximum absolute atomic E-state index is 13.1. The average Bonchev–Trinajstić information content (AvgIpc) is 3.23. The summed E-state index contributed by atoms with van der Waals surface area (Å²) in [5.41, 5.74) is 3.49. The fourth-order valence-electron chi connectivity index (χ4n) is 4.29. The van der Waals surface area contributed by atoms with Crippen molar-refractivity contribution in [1.29, 1.82) is 0 Å². The zero-order valence-electron chi connectivity index (χ0n) is 19.0. The molecule has 0 aliphatic carbocycles. The second kappa shape index (κ2) is 7.93. The lowest BCUT2D eigenvalue weighted by atomic mass is 10.0. The highest BCUT2D eigenvalue weighted by Gasteiger charge is 2.20. The minimum absolute atomic E-state index is 0.0193. The first kappa shape index (κ1) is 19.2. The van der Waals surface area contributed by atoms with Gasteiger partial charge in [0, 0.05) is 23.2 Å². The highest BCUT2D eigenvalue weighted by Crippen LogP contribution is 2.35. The SMILES string of the molecule is [2H]c1cccnc1-n1c2ccccc2c2ccc(-c3cccc(S(=O)(=O)c4ccccn4)c3)cc21. The third-order valence-corrected chi connectivity index (χ3v) is 7.53. The molecule has 0 spiro atoms. The number of benzene rings is 3. The van der Waals surface area contributed by atoms with E-state index in [-0.39, 0.29) is 9.92 Å². The van der Waals surface area contributed by atoms with Gasteiger partial charge in [-0.2, -0.15) is 0 Å². The van der Waals surface area contributed by atoms with Gasteiger partial charge in [0.05, 0.1) is 17.3 Å². The molecule has 164 valence electrons. The Morgan fingerprint density at radius 2 is 1.44 bits per heavy atom. The zero-order valence-corrected chi connectivity index (χ0v) is 18.8. The number of para-hydroxylation sites is 1. The molecule has 0 amide bonds. The number of aromatic nitrogens is 3. The van der Waals surface area contributed by atoms with E-state index in [1.165, 1.54) is 12.3 Å². The number of hydrogen-bond acceptors (Lipinski definition) is 4. The summed E-state index contributed by atoms with van der Waals surface area (Å²) in [5, 5.41) is 2.11. The summed E-state index contributed by atoms with van der Waals surface area (Å²) in [6.45, 7) is 0. The monoisotopic (exact) mass is 462 g/mol. The highest BCUT2D eigenvalue weighted by molar-refractivity contribution is 7.91. The Labute approximate surface area is 198 Å². The van der Waals surface area contributed by atoms with Crippen molar-refractivity contribution in [3.63, 3.8) is 0 Å². The number of pyridine rings is 2. The Hall–Kier alpha value is -4.29. The predicted molar refractivity (Wildman–Crippen MR) is 134 cm³/mol. The molecule has 5 nitrogen and oxygen atoms in total. The first-order valence-corrected chi connectivity index (χ1v) is 12.2. The first-order chi connectivity index (χ1) is 17.0. The lowest BCUT2D eigenvalue weighted by Crippen LogP contribution is -2.04. The van der Waals surface area contributed by atoms with Crippen LogP contribution in [0, 0.1) is 0 Å². The van der Waals surface area contributed by atoms with Gasteiger partial charge < -0.3 is 0 Å². The summed E-state index contributed by atoms with van der Waals surface area (Å²) in [7, 11) is -3.74. The fraction of sp³-hybridized carbons (Fsp3) is 0. The summed E-state index contributed by atoms with van der Waals surface area (Å²) >= 11 is 0. The number of fused-ring (bicyclic) bond motifs is 3. The van der Waals surface area contributed by atoms with Crippen molar-refractivity contribution in [3.8, 4) is 16.9 Å². The Morgan fingerprint density at radius 3 is 2.29 bits per heavy atom. The number of sulfone groups is 1. The van der Waals surface area contributed by atoms with Crippen LogP contribution in [-0.4, -0.2) is 23.0 Å². The van der Waals surface area contributed by atoms with Crippen molar-refractivity contribution in [2.75, 3.05) is 0 Å². The molecule has 0 atom stereocenters. The molecule has 34 heavy (non-hydrogen) atoms. The van der Waals surface area contributed by atoms with E-state index in [9.17, 15) is 8.42 Å². The molecule has 0 radical (unpaired) electrons. The lowest BCUT2D eigenvalue weighted by Gasteiger charge is -2.09. The van der Waals surface area contributed by atoms with Gasteiger partial charge in [-0.05, 0) is 59.6 Å². The van der Waals surface area contributed by atoms with E-state index in [0.717, 1.165) is 32.9 Å². The summed E-state index contributed by atoms with van der Waals surface area (Å²) < 4.78 is 36.7. The van der Waals surface area contributed by atoms with Crippen LogP contribution in [0.2, 0.25) is 0 Å². The molecule has 3 aromatic heterocycles. The summed E-state index contributed by atoms with van der Waals surface area (Å²) in [5.74, 6) is 0.544. The molecule has 0 aliphatic heterocycles. The molecule has 0 fully saturated rings. The van der Waals surface area contributed by atoms with Gasteiger partial charge in [0.15, 0.2) is 5.03 Å². The lowest BCUT2D eigenvalue weighted by molar-refractivity contribution is 0.592. The van der Waals surface area contributed by atoms with Crippen LogP contribution in [0.3, 0.4) is 0 Å². The van der Waals surface area contributed by atoms with Gasteiger partial charge in [0.1, 0.15) is 5.82 Å². The molecule has 3 aromatic carbocycles. The van der Waals surface area contributed by atoms with Crippen LogP contribution in [0.1, 0.15) is 1.37 Å². The number of rotatable bonds is 4. The Kier molecular flexibility index (Phi) is 4.48. The molecule has 6 rings (SSSR count). The van der Waals surface area contributed by atoms with Crippen molar-refractivity contribution < 1.29 is 9.79 Å². The molecular weight excluding hydrogens is 442 g/mol. The maximum Gasteiger partial charge on any atom is 0.223 e. The van der Waals surface area contributed by atoms with Gasteiger partial charge in [-0.25, -0.2) is 18.4 Å². The maximum atomic E-state index is 13.1. The molecule has 6 heteroatoms. The van der Waals surface area contributed by atoms with E-state index >= 15 is 0 Å². The molecule has 0 aliphatic rings. The minimum Gasteiger partial charge on any atom is -0.294 e. The number of nitrogens with zero attached hydrogens (tertiary/aromatic N) is 3. The van der Waals surface area contributed by atoms with E-state index in [2.05, 4.69) is 16.0 Å². The number of hydrogen-bond donors (Lipinski definition) is 0. The van der Waals surface area contributed by atoms with Crippen molar-refractivity contribution in [2.24, 2.45) is 0 Å². The molecule has 0 unspecified atom stereocenters. The Balaban J connectivity index is 1.56. The second-order valence-corrected chi connectivity index (χ2v) is 9.79.